The van der Waals surface area contributed by atoms with Crippen molar-refractivity contribution in [2.45, 2.75) is 32.7 Å². The summed E-state index contributed by atoms with van der Waals surface area (Å²) in [7, 11) is 0. The molecule has 0 spiro atoms. The highest BCUT2D eigenvalue weighted by atomic mass is 35.5. The van der Waals surface area contributed by atoms with Crippen LogP contribution in [0, 0.1) is 6.92 Å². The number of thioether (sulfide) groups is 1. The second-order valence-corrected chi connectivity index (χ2v) is 5.71. The predicted octanol–water partition coefficient (Wildman–Crippen LogP) is 4.27. The molecular weight excluding hydrogens is 250 g/mol. The predicted molar refractivity (Wildman–Crippen MR) is 80.1 cm³/mol. The Kier molecular flexibility index (Phi) is 7.74. The van der Waals surface area contributed by atoms with Gasteiger partial charge in [-0.25, -0.2) is 0 Å². The van der Waals surface area contributed by atoms with E-state index in [9.17, 15) is 0 Å². The van der Waals surface area contributed by atoms with Crippen molar-refractivity contribution in [1.29, 1.82) is 0 Å². The van der Waals surface area contributed by atoms with E-state index < -0.39 is 0 Å². The smallest absolute Gasteiger partial charge is 0.0438 e. The van der Waals surface area contributed by atoms with Crippen molar-refractivity contribution in [1.82, 2.24) is 5.32 Å². The number of hydrogen-bond acceptors (Lipinski definition) is 2. The van der Waals surface area contributed by atoms with Gasteiger partial charge in [0.25, 0.3) is 0 Å². The first kappa shape index (κ1) is 14.9. The molecule has 0 fully saturated rings. The molecule has 0 unspecified atom stereocenters. The Labute approximate surface area is 114 Å². The number of aryl methyl sites for hydroxylation is 1. The molecule has 0 aliphatic carbocycles. The monoisotopic (exact) mass is 271 g/mol. The lowest BCUT2D eigenvalue weighted by atomic mass is 10.1. The van der Waals surface area contributed by atoms with E-state index in [-0.39, 0.29) is 0 Å². The molecule has 0 aromatic heterocycles. The molecule has 0 radical (unpaired) electrons. The van der Waals surface area contributed by atoms with Crippen LogP contribution in [0.25, 0.3) is 0 Å². The van der Waals surface area contributed by atoms with Gasteiger partial charge >= 0.3 is 0 Å². The third-order valence-corrected chi connectivity index (χ3v) is 3.87. The van der Waals surface area contributed by atoms with E-state index in [0.29, 0.717) is 0 Å². The van der Waals surface area contributed by atoms with Crippen LogP contribution in [0.15, 0.2) is 18.2 Å². The van der Waals surface area contributed by atoms with Gasteiger partial charge in [0.1, 0.15) is 0 Å². The number of nitrogens with one attached hydrogen (secondary N) is 1. The number of unbranched alkanes of at least 4 members (excludes halogenated alkanes) is 2. The van der Waals surface area contributed by atoms with Crippen LogP contribution >= 0.6 is 23.4 Å². The summed E-state index contributed by atoms with van der Waals surface area (Å²) >= 11 is 8.01. The quantitative estimate of drug-likeness (QED) is 0.709. The van der Waals surface area contributed by atoms with Gasteiger partial charge in [-0.1, -0.05) is 30.2 Å². The van der Waals surface area contributed by atoms with E-state index >= 15 is 0 Å². The molecule has 0 aliphatic rings. The zero-order valence-corrected chi connectivity index (χ0v) is 12.3. The zero-order valence-electron chi connectivity index (χ0n) is 10.8. The van der Waals surface area contributed by atoms with Crippen LogP contribution in [0.1, 0.15) is 30.4 Å². The van der Waals surface area contributed by atoms with Gasteiger partial charge < -0.3 is 5.32 Å². The van der Waals surface area contributed by atoms with Crippen molar-refractivity contribution in [2.24, 2.45) is 0 Å². The molecule has 0 heterocycles. The molecule has 0 atom stereocenters. The molecule has 0 bridgehead atoms. The van der Waals surface area contributed by atoms with E-state index in [2.05, 4.69) is 29.8 Å². The minimum atomic E-state index is 0.865. The largest absolute Gasteiger partial charge is 0.313 e. The first-order valence-electron chi connectivity index (χ1n) is 6.18. The van der Waals surface area contributed by atoms with E-state index in [1.54, 1.807) is 0 Å². The Morgan fingerprint density at radius 3 is 2.76 bits per heavy atom. The molecule has 0 amide bonds. The van der Waals surface area contributed by atoms with Gasteiger partial charge in [-0.15, -0.1) is 0 Å². The zero-order chi connectivity index (χ0) is 12.5. The van der Waals surface area contributed by atoms with Crippen LogP contribution in [0.3, 0.4) is 0 Å². The van der Waals surface area contributed by atoms with E-state index in [0.717, 1.165) is 23.7 Å². The molecular formula is C14H22ClNS. The van der Waals surface area contributed by atoms with E-state index in [1.165, 1.54) is 30.6 Å². The van der Waals surface area contributed by atoms with Crippen LogP contribution in [-0.2, 0) is 6.54 Å². The molecule has 1 aromatic carbocycles. The van der Waals surface area contributed by atoms with Gasteiger partial charge in [0.2, 0.25) is 0 Å². The summed E-state index contributed by atoms with van der Waals surface area (Å²) in [4.78, 5) is 0. The van der Waals surface area contributed by atoms with Crippen molar-refractivity contribution < 1.29 is 0 Å². The third-order valence-electron chi connectivity index (χ3n) is 2.77. The van der Waals surface area contributed by atoms with Crippen molar-refractivity contribution in [3.8, 4) is 0 Å². The fourth-order valence-corrected chi connectivity index (χ4v) is 2.35. The van der Waals surface area contributed by atoms with Gasteiger partial charge in [0, 0.05) is 11.6 Å². The normalized spacial score (nSPS) is 10.8. The lowest BCUT2D eigenvalue weighted by molar-refractivity contribution is 0.618. The molecule has 0 saturated carbocycles. The Hall–Kier alpha value is -0.180. The fourth-order valence-electron chi connectivity index (χ4n) is 1.65. The standard InChI is InChI=1S/C14H22ClNS/c1-12-6-7-13(10-14(12)15)11-16-8-4-3-5-9-17-2/h6-7,10,16H,3-5,8-9,11H2,1-2H3. The minimum Gasteiger partial charge on any atom is -0.313 e. The molecule has 17 heavy (non-hydrogen) atoms. The number of benzene rings is 1. The molecule has 96 valence electrons. The Balaban J connectivity index is 2.11. The van der Waals surface area contributed by atoms with Gasteiger partial charge in [-0.05, 0) is 55.5 Å². The van der Waals surface area contributed by atoms with Crippen molar-refractivity contribution >= 4 is 23.4 Å². The molecule has 3 heteroatoms. The fraction of sp³-hybridized carbons (Fsp3) is 0.571. The second-order valence-electron chi connectivity index (χ2n) is 4.31. The Morgan fingerprint density at radius 1 is 1.24 bits per heavy atom. The van der Waals surface area contributed by atoms with Gasteiger partial charge in [0.15, 0.2) is 0 Å². The summed E-state index contributed by atoms with van der Waals surface area (Å²) in [6, 6.07) is 6.28. The summed E-state index contributed by atoms with van der Waals surface area (Å²) in [6.07, 6.45) is 6.08. The topological polar surface area (TPSA) is 12.0 Å². The number of rotatable bonds is 8. The van der Waals surface area contributed by atoms with Crippen LogP contribution in [0.2, 0.25) is 5.02 Å². The molecule has 1 nitrogen and oxygen atoms in total. The van der Waals surface area contributed by atoms with Gasteiger partial charge in [-0.2, -0.15) is 11.8 Å². The van der Waals surface area contributed by atoms with Crippen LogP contribution in [-0.4, -0.2) is 18.6 Å². The first-order valence-corrected chi connectivity index (χ1v) is 7.96. The molecule has 1 N–H and O–H groups in total. The minimum absolute atomic E-state index is 0.865. The molecule has 1 aromatic rings. The van der Waals surface area contributed by atoms with Crippen molar-refractivity contribution in [2.75, 3.05) is 18.6 Å². The average Bonchev–Trinajstić information content (AvgIpc) is 2.32. The van der Waals surface area contributed by atoms with Gasteiger partial charge in [0.05, 0.1) is 0 Å². The van der Waals surface area contributed by atoms with Gasteiger partial charge in [-0.3, -0.25) is 0 Å². The first-order chi connectivity index (χ1) is 8.24. The lowest BCUT2D eigenvalue weighted by Gasteiger charge is -2.06. The van der Waals surface area contributed by atoms with Crippen LogP contribution in [0.5, 0.6) is 0 Å². The average molecular weight is 272 g/mol. The summed E-state index contributed by atoms with van der Waals surface area (Å²) < 4.78 is 0. The third kappa shape index (κ3) is 6.35. The highest BCUT2D eigenvalue weighted by Gasteiger charge is 1.97. The van der Waals surface area contributed by atoms with Crippen LogP contribution < -0.4 is 5.32 Å². The highest BCUT2D eigenvalue weighted by Crippen LogP contribution is 2.16. The summed E-state index contributed by atoms with van der Waals surface area (Å²) in [5.41, 5.74) is 2.41. The molecule has 0 aliphatic heterocycles. The maximum absolute atomic E-state index is 6.08. The summed E-state index contributed by atoms with van der Waals surface area (Å²) in [6.45, 7) is 4.05. The summed E-state index contributed by atoms with van der Waals surface area (Å²) in [5, 5.41) is 4.32. The maximum atomic E-state index is 6.08. The van der Waals surface area contributed by atoms with Crippen LogP contribution in [0.4, 0.5) is 0 Å². The Bertz CT molecular complexity index is 328. The summed E-state index contributed by atoms with van der Waals surface area (Å²) in [5.74, 6) is 1.29. The second kappa shape index (κ2) is 8.84. The highest BCUT2D eigenvalue weighted by molar-refractivity contribution is 7.98. The van der Waals surface area contributed by atoms with E-state index in [4.69, 9.17) is 11.6 Å². The van der Waals surface area contributed by atoms with Crippen molar-refractivity contribution in [3.63, 3.8) is 0 Å². The number of halogens is 1. The lowest BCUT2D eigenvalue weighted by Crippen LogP contribution is -2.14. The number of hydrogen-bond donors (Lipinski definition) is 1. The molecule has 0 saturated heterocycles. The van der Waals surface area contributed by atoms with Crippen molar-refractivity contribution in [3.05, 3.63) is 34.3 Å². The maximum Gasteiger partial charge on any atom is 0.0438 e. The van der Waals surface area contributed by atoms with E-state index in [1.807, 2.05) is 18.7 Å². The Morgan fingerprint density at radius 2 is 2.06 bits per heavy atom. The SMILES string of the molecule is CSCCCCCNCc1ccc(C)c(Cl)c1. The molecule has 1 rings (SSSR count).